The van der Waals surface area contributed by atoms with Crippen molar-refractivity contribution in [1.29, 1.82) is 0 Å². The van der Waals surface area contributed by atoms with Crippen molar-refractivity contribution in [2.45, 2.75) is 5.41 Å². The minimum absolute atomic E-state index is 0.407. The first-order chi connectivity index (χ1) is 55.1. The van der Waals surface area contributed by atoms with Gasteiger partial charge in [0, 0.05) is 76.5 Å². The van der Waals surface area contributed by atoms with Gasteiger partial charge >= 0.3 is 0 Å². The Morgan fingerprint density at radius 3 is 0.856 bits per heavy atom. The summed E-state index contributed by atoms with van der Waals surface area (Å²) in [5, 5.41) is 16.6. The molecular formula is C107H64N2O2. The molecule has 0 amide bonds. The van der Waals surface area contributed by atoms with E-state index in [4.69, 9.17) is 18.8 Å². The fourth-order valence-corrected chi connectivity index (χ4v) is 18.8. The molecule has 24 rings (SSSR count). The van der Waals surface area contributed by atoms with Crippen LogP contribution in [0, 0.1) is 0 Å². The van der Waals surface area contributed by atoms with Gasteiger partial charge in [-0.1, -0.05) is 346 Å². The highest BCUT2D eigenvalue weighted by Crippen LogP contribution is 2.63. The molecule has 0 N–H and O–H groups in total. The van der Waals surface area contributed by atoms with E-state index < -0.39 is 5.41 Å². The Morgan fingerprint density at radius 2 is 0.432 bits per heavy atom. The monoisotopic (exact) mass is 1410 g/mol. The summed E-state index contributed by atoms with van der Waals surface area (Å²) in [4.78, 5) is 10.7. The summed E-state index contributed by atoms with van der Waals surface area (Å²) in [6, 6.07) is 140. The lowest BCUT2D eigenvalue weighted by Gasteiger charge is -2.30. The summed E-state index contributed by atoms with van der Waals surface area (Å²) in [6.45, 7) is 0. The molecule has 111 heavy (non-hydrogen) atoms. The SMILES string of the molecule is c1cc(-c2ccc3c4ccccc4c4ccccc4c3n2)cc(-c2cccc3c2oc2c(-c4ccc5c(c4)C4(c6ccccc6-c6ccccc64)c4ccccc4-5)cccc23)c1.c1ccc(-c2ccc(-c3cccc4c3oc3c(-c5cccc(-c6ccc7c8ccccc8c8ccccc8c7n6)c5)cccc34)cc2)cc1. The number of para-hydroxylation sites is 4. The molecule has 1 spiro atoms. The van der Waals surface area contributed by atoms with Crippen LogP contribution in [-0.4, -0.2) is 9.97 Å². The number of hydrogen-bond acceptors (Lipinski definition) is 4. The van der Waals surface area contributed by atoms with Gasteiger partial charge in [0.25, 0.3) is 0 Å². The Labute approximate surface area is 639 Å². The minimum atomic E-state index is -0.407. The highest BCUT2D eigenvalue weighted by Gasteiger charge is 2.51. The fourth-order valence-electron chi connectivity index (χ4n) is 18.8. The van der Waals surface area contributed by atoms with Crippen molar-refractivity contribution in [2.75, 3.05) is 0 Å². The van der Waals surface area contributed by atoms with Crippen LogP contribution in [-0.2, 0) is 5.41 Å². The molecule has 4 nitrogen and oxygen atoms in total. The number of nitrogens with zero attached hydrogens (tertiary/aromatic N) is 2. The molecule has 0 saturated heterocycles. The topological polar surface area (TPSA) is 52.1 Å². The maximum atomic E-state index is 7.11. The average molecular weight is 1410 g/mol. The smallest absolute Gasteiger partial charge is 0.143 e. The van der Waals surface area contributed by atoms with E-state index >= 15 is 0 Å². The predicted molar refractivity (Wildman–Crippen MR) is 462 cm³/mol. The number of aromatic nitrogens is 2. The van der Waals surface area contributed by atoms with Crippen LogP contribution in [0.15, 0.2) is 397 Å². The second kappa shape index (κ2) is 24.7. The molecule has 2 aliphatic carbocycles. The van der Waals surface area contributed by atoms with Crippen molar-refractivity contribution in [3.8, 4) is 100 Å². The van der Waals surface area contributed by atoms with Crippen LogP contribution in [0.2, 0.25) is 0 Å². The van der Waals surface area contributed by atoms with Crippen molar-refractivity contribution in [3.63, 3.8) is 0 Å². The van der Waals surface area contributed by atoms with E-state index in [0.29, 0.717) is 0 Å². The number of benzene rings is 18. The molecule has 514 valence electrons. The summed E-state index contributed by atoms with van der Waals surface area (Å²) in [5.74, 6) is 0. The maximum Gasteiger partial charge on any atom is 0.143 e. The molecule has 0 aliphatic heterocycles. The second-order valence-electron chi connectivity index (χ2n) is 29.6. The van der Waals surface area contributed by atoms with Crippen LogP contribution in [0.25, 0.3) is 209 Å². The van der Waals surface area contributed by atoms with Gasteiger partial charge in [0.05, 0.1) is 27.8 Å². The van der Waals surface area contributed by atoms with E-state index in [0.717, 1.165) is 122 Å². The minimum Gasteiger partial charge on any atom is -0.455 e. The zero-order chi connectivity index (χ0) is 72.8. The zero-order valence-corrected chi connectivity index (χ0v) is 60.2. The van der Waals surface area contributed by atoms with Crippen LogP contribution in [0.4, 0.5) is 0 Å². The van der Waals surface area contributed by atoms with E-state index in [9.17, 15) is 0 Å². The molecule has 2 aliphatic rings. The first kappa shape index (κ1) is 62.6. The Morgan fingerprint density at radius 1 is 0.162 bits per heavy atom. The first-order valence-corrected chi connectivity index (χ1v) is 38.2. The van der Waals surface area contributed by atoms with Crippen LogP contribution >= 0.6 is 0 Å². The third-order valence-corrected chi connectivity index (χ3v) is 23.8. The molecule has 18 aromatic carbocycles. The van der Waals surface area contributed by atoms with Crippen molar-refractivity contribution in [3.05, 3.63) is 411 Å². The van der Waals surface area contributed by atoms with E-state index in [1.807, 2.05) is 6.07 Å². The Balaban J connectivity index is 0.000000137. The van der Waals surface area contributed by atoms with Crippen LogP contribution < -0.4 is 0 Å². The Bertz CT molecular complexity index is 7520. The van der Waals surface area contributed by atoms with E-state index in [2.05, 4.69) is 382 Å². The maximum absolute atomic E-state index is 7.11. The van der Waals surface area contributed by atoms with Crippen LogP contribution in [0.1, 0.15) is 22.3 Å². The van der Waals surface area contributed by atoms with Gasteiger partial charge in [0.15, 0.2) is 0 Å². The van der Waals surface area contributed by atoms with Gasteiger partial charge in [-0.05, 0) is 153 Å². The Kier molecular flexibility index (Phi) is 14.0. The first-order valence-electron chi connectivity index (χ1n) is 38.2. The van der Waals surface area contributed by atoms with Gasteiger partial charge in [-0.15, -0.1) is 0 Å². The molecule has 0 radical (unpaired) electrons. The van der Waals surface area contributed by atoms with Crippen molar-refractivity contribution < 1.29 is 8.83 Å². The fraction of sp³-hybridized carbons (Fsp3) is 0.00935. The molecule has 0 fully saturated rings. The third-order valence-electron chi connectivity index (χ3n) is 23.8. The number of rotatable bonds is 7. The molecule has 4 heterocycles. The predicted octanol–water partition coefficient (Wildman–Crippen LogP) is 28.9. The zero-order valence-electron chi connectivity index (χ0n) is 60.2. The second-order valence-corrected chi connectivity index (χ2v) is 29.6. The number of furan rings is 2. The van der Waals surface area contributed by atoms with Gasteiger partial charge in [-0.2, -0.15) is 0 Å². The lowest BCUT2D eigenvalue weighted by Crippen LogP contribution is -2.25. The summed E-state index contributed by atoms with van der Waals surface area (Å²) >= 11 is 0. The number of hydrogen-bond donors (Lipinski definition) is 0. The van der Waals surface area contributed by atoms with Crippen molar-refractivity contribution in [1.82, 2.24) is 9.97 Å². The lowest BCUT2D eigenvalue weighted by atomic mass is 9.70. The van der Waals surface area contributed by atoms with Gasteiger partial charge in [0.1, 0.15) is 22.3 Å². The molecular weight excluding hydrogens is 1350 g/mol. The van der Waals surface area contributed by atoms with Crippen molar-refractivity contribution in [2.24, 2.45) is 0 Å². The highest BCUT2D eigenvalue weighted by molar-refractivity contribution is 6.26. The molecule has 0 saturated carbocycles. The summed E-state index contributed by atoms with van der Waals surface area (Å²) in [5.41, 5.74) is 31.0. The third kappa shape index (κ3) is 9.54. The summed E-state index contributed by atoms with van der Waals surface area (Å²) in [6.07, 6.45) is 0. The van der Waals surface area contributed by atoms with E-state index in [1.165, 1.54) is 109 Å². The van der Waals surface area contributed by atoms with Crippen LogP contribution in [0.3, 0.4) is 0 Å². The average Bonchev–Trinajstić information content (AvgIpc) is 1.51. The van der Waals surface area contributed by atoms with E-state index in [-0.39, 0.29) is 0 Å². The molecule has 0 atom stereocenters. The lowest BCUT2D eigenvalue weighted by molar-refractivity contribution is 0.670. The molecule has 22 aromatic rings. The Hall–Kier alpha value is -14.6. The normalized spacial score (nSPS) is 12.6. The molecule has 0 bridgehead atoms. The quantitative estimate of drug-likeness (QED) is 0.149. The molecule has 4 heteroatoms. The van der Waals surface area contributed by atoms with Gasteiger partial charge in [-0.3, -0.25) is 0 Å². The van der Waals surface area contributed by atoms with Gasteiger partial charge in [0.2, 0.25) is 0 Å². The largest absolute Gasteiger partial charge is 0.455 e. The molecule has 4 aromatic heterocycles. The van der Waals surface area contributed by atoms with Crippen molar-refractivity contribution >= 4 is 109 Å². The van der Waals surface area contributed by atoms with Crippen LogP contribution in [0.5, 0.6) is 0 Å². The molecule has 0 unspecified atom stereocenters. The van der Waals surface area contributed by atoms with Gasteiger partial charge in [-0.25, -0.2) is 9.97 Å². The number of fused-ring (bicyclic) bond motifs is 28. The summed E-state index contributed by atoms with van der Waals surface area (Å²) in [7, 11) is 0. The number of pyridine rings is 2. The van der Waals surface area contributed by atoms with E-state index in [1.54, 1.807) is 0 Å². The highest BCUT2D eigenvalue weighted by atomic mass is 16.3. The standard InChI is InChI=1S/C60H35NO.C47H29NO/c1-2-18-43-41(16-1)42-17-3-4-22-48(42)57-49(43)32-33-56(61-57)38-15-11-14-36(34-38)39-23-12-25-50-51-26-13-24-40(59(51)62-58(39)50)37-30-31-47-46-21-7-10-29-54(46)60(55(47)35-37)52-27-8-5-19-44(52)45-20-6-9-28-53(45)60;1-2-11-30(12-3-1)31-23-25-32(26-24-31)35-19-9-21-42-43-22-10-20-36(47(43)49-46(35)42)33-13-8-14-34(29-33)44-28-27-41-39-17-5-4-15-37(39)38-16-6-7-18-40(38)45(41)48-44/h1-35H;1-29H. The summed E-state index contributed by atoms with van der Waals surface area (Å²) < 4.78 is 13.9. The van der Waals surface area contributed by atoms with Gasteiger partial charge < -0.3 is 8.83 Å².